The Morgan fingerprint density at radius 3 is 1.37 bits per heavy atom. The number of rotatable bonds is 8. The van der Waals surface area contributed by atoms with E-state index in [4.69, 9.17) is 33.2 Å². The summed E-state index contributed by atoms with van der Waals surface area (Å²) < 4.78 is 10.9. The molecule has 4 atom stereocenters. The first kappa shape index (κ1) is 30.8. The molecule has 232 valence electrons. The number of methoxy groups -OCH3 is 2. The molecule has 2 aliphatic heterocycles. The third-order valence-corrected chi connectivity index (χ3v) is 9.10. The van der Waals surface area contributed by atoms with Gasteiger partial charge in [0.05, 0.1) is 26.1 Å². The number of hydrogen-bond donors (Lipinski definition) is 3. The number of ether oxygens (including phenoxy) is 2. The first-order chi connectivity index (χ1) is 22.3. The third kappa shape index (κ3) is 5.25. The molecule has 1 fully saturated rings. The quantitative estimate of drug-likeness (QED) is 0.181. The number of Topliss-reactive ketones (excluding diaryl/α,β-unsaturated/α-hetero) is 2. The van der Waals surface area contributed by atoms with E-state index in [2.05, 4.69) is 15.3 Å². The zero-order valence-electron chi connectivity index (χ0n) is 25.3. The predicted octanol–water partition coefficient (Wildman–Crippen LogP) is 5.09. The van der Waals surface area contributed by atoms with Crippen LogP contribution in [0.3, 0.4) is 0 Å². The minimum Gasteiger partial charge on any atom is -0.497 e. The van der Waals surface area contributed by atoms with Crippen LogP contribution in [0, 0.1) is 17.3 Å². The molecule has 0 radical (unpaired) electrons. The summed E-state index contributed by atoms with van der Waals surface area (Å²) in [5.74, 6) is -1.46. The lowest BCUT2D eigenvalue weighted by atomic mass is 9.52. The van der Waals surface area contributed by atoms with Crippen molar-refractivity contribution >= 4 is 40.6 Å². The zero-order chi connectivity index (χ0) is 32.4. The van der Waals surface area contributed by atoms with Gasteiger partial charge >= 0.3 is 0 Å². The van der Waals surface area contributed by atoms with Crippen LogP contribution in [0.15, 0.2) is 119 Å². The molecule has 1 spiro atoms. The van der Waals surface area contributed by atoms with Gasteiger partial charge in [-0.25, -0.2) is 9.98 Å². The second-order valence-electron chi connectivity index (χ2n) is 11.2. The van der Waals surface area contributed by atoms with Crippen molar-refractivity contribution in [2.75, 3.05) is 14.2 Å². The van der Waals surface area contributed by atoms with Crippen LogP contribution in [-0.2, 0) is 0 Å². The van der Waals surface area contributed by atoms with Crippen LogP contribution in [0.2, 0.25) is 0 Å². The Kier molecular flexibility index (Phi) is 8.48. The fourth-order valence-electron chi connectivity index (χ4n) is 6.77. The Labute approximate surface area is 272 Å². The average molecular weight is 632 g/mol. The Morgan fingerprint density at radius 1 is 0.652 bits per heavy atom. The lowest BCUT2D eigenvalue weighted by molar-refractivity contribution is 0.0463. The predicted molar refractivity (Wildman–Crippen MR) is 181 cm³/mol. The summed E-state index contributed by atoms with van der Waals surface area (Å²) in [4.78, 5) is 38.8. The second kappa shape index (κ2) is 12.7. The van der Waals surface area contributed by atoms with E-state index in [1.165, 1.54) is 0 Å². The van der Waals surface area contributed by atoms with Crippen molar-refractivity contribution in [3.63, 3.8) is 0 Å². The van der Waals surface area contributed by atoms with Crippen LogP contribution in [0.1, 0.15) is 43.9 Å². The number of hydrogen-bond acceptors (Lipinski definition) is 8. The molecule has 4 unspecified atom stereocenters. The fourth-order valence-corrected chi connectivity index (χ4v) is 6.97. The molecule has 0 bridgehead atoms. The Hall–Kier alpha value is -5.19. The van der Waals surface area contributed by atoms with Crippen molar-refractivity contribution in [1.29, 1.82) is 0 Å². The van der Waals surface area contributed by atoms with E-state index in [0.29, 0.717) is 22.6 Å². The number of ketones is 2. The summed E-state index contributed by atoms with van der Waals surface area (Å²) in [6.45, 7) is 0. The van der Waals surface area contributed by atoms with Gasteiger partial charge in [0.1, 0.15) is 28.6 Å². The molecule has 2 aliphatic rings. The van der Waals surface area contributed by atoms with Crippen LogP contribution in [0.25, 0.3) is 0 Å². The van der Waals surface area contributed by atoms with Gasteiger partial charge in [0.2, 0.25) is 5.11 Å². The monoisotopic (exact) mass is 631 g/mol. The van der Waals surface area contributed by atoms with Crippen molar-refractivity contribution in [3.05, 3.63) is 131 Å². The van der Waals surface area contributed by atoms with Crippen molar-refractivity contribution in [2.24, 2.45) is 38.7 Å². The fraction of sp³-hybridized carbons (Fsp3) is 0.194. The molecule has 5 N–H and O–H groups in total. The van der Waals surface area contributed by atoms with E-state index in [9.17, 15) is 9.59 Å². The number of nitrogens with zero attached hydrogens (tertiary/aromatic N) is 2. The number of amidine groups is 2. The van der Waals surface area contributed by atoms with E-state index >= 15 is 0 Å². The summed E-state index contributed by atoms with van der Waals surface area (Å²) in [6, 6.07) is 31.2. The van der Waals surface area contributed by atoms with Gasteiger partial charge in [-0.2, -0.15) is 0 Å². The first-order valence-electron chi connectivity index (χ1n) is 14.7. The Balaban J connectivity index is 1.68. The first-order valence-corrected chi connectivity index (χ1v) is 15.2. The van der Waals surface area contributed by atoms with Gasteiger partial charge in [-0.15, -0.1) is 0 Å². The summed E-state index contributed by atoms with van der Waals surface area (Å²) in [7, 11) is 3.17. The van der Waals surface area contributed by atoms with Crippen molar-refractivity contribution in [2.45, 2.75) is 12.1 Å². The van der Waals surface area contributed by atoms with Gasteiger partial charge in [0.25, 0.3) is 0 Å². The minimum absolute atomic E-state index is 0.0351. The van der Waals surface area contributed by atoms with Crippen LogP contribution in [0.4, 0.5) is 0 Å². The molecular formula is C36H33N5O4S. The van der Waals surface area contributed by atoms with Crippen LogP contribution >= 0.6 is 12.2 Å². The minimum atomic E-state index is -1.68. The molecule has 4 aromatic carbocycles. The molecule has 0 aliphatic carbocycles. The molecule has 1 saturated heterocycles. The number of piperidine rings is 1. The molecule has 46 heavy (non-hydrogen) atoms. The van der Waals surface area contributed by atoms with E-state index in [-0.39, 0.29) is 28.4 Å². The van der Waals surface area contributed by atoms with E-state index in [1.807, 2.05) is 60.7 Å². The highest BCUT2D eigenvalue weighted by Crippen LogP contribution is 2.56. The normalized spacial score (nSPS) is 22.0. The lowest BCUT2D eigenvalue weighted by Gasteiger charge is -2.55. The average Bonchev–Trinajstić information content (AvgIpc) is 3.10. The highest BCUT2D eigenvalue weighted by atomic mass is 32.1. The topological polar surface area (TPSA) is 141 Å². The van der Waals surface area contributed by atoms with Gasteiger partial charge in [0.15, 0.2) is 11.6 Å². The highest BCUT2D eigenvalue weighted by molar-refractivity contribution is 7.80. The van der Waals surface area contributed by atoms with E-state index in [1.54, 1.807) is 62.8 Å². The lowest BCUT2D eigenvalue weighted by Crippen LogP contribution is -2.69. The zero-order valence-corrected chi connectivity index (χ0v) is 26.1. The molecule has 6 rings (SSSR count). The number of benzene rings is 4. The number of carbonyl (C=O) groups excluding carboxylic acids is 2. The molecule has 0 aromatic heterocycles. The molecule has 4 aromatic rings. The number of carbonyl (C=O) groups is 2. The summed E-state index contributed by atoms with van der Waals surface area (Å²) in [6.07, 6.45) is 0. The van der Waals surface area contributed by atoms with Crippen LogP contribution in [0.5, 0.6) is 11.5 Å². The van der Waals surface area contributed by atoms with E-state index < -0.39 is 29.3 Å². The second-order valence-corrected chi connectivity index (χ2v) is 11.6. The molecule has 2 heterocycles. The largest absolute Gasteiger partial charge is 0.497 e. The Bertz CT molecular complexity index is 1690. The van der Waals surface area contributed by atoms with Crippen molar-refractivity contribution in [1.82, 2.24) is 5.32 Å². The van der Waals surface area contributed by atoms with Gasteiger partial charge in [-0.3, -0.25) is 9.59 Å². The van der Waals surface area contributed by atoms with E-state index in [0.717, 1.165) is 11.1 Å². The molecule has 10 heteroatoms. The van der Waals surface area contributed by atoms with Crippen molar-refractivity contribution < 1.29 is 19.1 Å². The van der Waals surface area contributed by atoms with Gasteiger partial charge in [0, 0.05) is 23.2 Å². The number of nitrogens with one attached hydrogen (secondary N) is 1. The number of aliphatic imine (C=N–C) groups is 2. The number of nitrogens with two attached hydrogens (primary N) is 2. The van der Waals surface area contributed by atoms with Gasteiger partial charge in [-0.1, -0.05) is 84.9 Å². The maximum absolute atomic E-state index is 14.9. The number of thiocarbonyl (C=S) groups is 1. The van der Waals surface area contributed by atoms with Crippen LogP contribution < -0.4 is 26.3 Å². The molecule has 9 nitrogen and oxygen atoms in total. The molecule has 0 saturated carbocycles. The van der Waals surface area contributed by atoms with Crippen LogP contribution in [-0.4, -0.2) is 42.6 Å². The molecule has 0 amide bonds. The summed E-state index contributed by atoms with van der Waals surface area (Å²) in [5, 5.41) is 3.64. The standard InChI is InChI=1S/C36H33N5O4S/c1-44-25-17-13-21(14-18-25)29-27(31(42)23-9-5-3-6-10-23)36(33(37)40-35(46)41-34(36)38)28(32(43)24-11-7-4-8-12-24)30(39-29)22-15-19-26(45-2)20-16-22/h3-20,27-30,39H,1-2H3,(H4,37,38,40,41,46). The molecular weight excluding hydrogens is 598 g/mol. The summed E-state index contributed by atoms with van der Waals surface area (Å²) >= 11 is 5.36. The summed E-state index contributed by atoms with van der Waals surface area (Å²) in [5.41, 5.74) is 14.6. The Morgan fingerprint density at radius 2 is 1.02 bits per heavy atom. The van der Waals surface area contributed by atoms with Gasteiger partial charge in [-0.05, 0) is 47.6 Å². The van der Waals surface area contributed by atoms with Crippen molar-refractivity contribution in [3.8, 4) is 11.5 Å². The van der Waals surface area contributed by atoms with Gasteiger partial charge < -0.3 is 26.3 Å². The third-order valence-electron chi connectivity index (χ3n) is 8.92. The smallest absolute Gasteiger partial charge is 0.222 e. The highest BCUT2D eigenvalue weighted by Gasteiger charge is 2.66. The maximum atomic E-state index is 14.9. The SMILES string of the molecule is COc1ccc(C2NC(c3ccc(OC)cc3)C(C(=O)c3ccccc3)C3(C(N)=NC(=S)N=C3N)C2C(=O)c2ccccc2)cc1. The maximum Gasteiger partial charge on any atom is 0.222 e.